The molecule has 0 bridgehead atoms. The minimum atomic E-state index is -0.101. The molecule has 6 nitrogen and oxygen atoms in total. The van der Waals surface area contributed by atoms with Gasteiger partial charge in [-0.3, -0.25) is 14.8 Å². The quantitative estimate of drug-likeness (QED) is 0.806. The summed E-state index contributed by atoms with van der Waals surface area (Å²) >= 11 is 0. The SMILES string of the molecule is Cc1[nH]nc2c1N(C)C(=O)C1CN(C(C)C)CCN21. The Kier molecular flexibility index (Phi) is 2.78. The fourth-order valence-electron chi connectivity index (χ4n) is 3.08. The third-order valence-corrected chi connectivity index (χ3v) is 4.26. The Labute approximate surface area is 113 Å². The highest BCUT2D eigenvalue weighted by Crippen LogP contribution is 2.37. The zero-order valence-electron chi connectivity index (χ0n) is 12.0. The van der Waals surface area contributed by atoms with Gasteiger partial charge in [-0.05, 0) is 20.8 Å². The highest BCUT2D eigenvalue weighted by Gasteiger charge is 2.42. The monoisotopic (exact) mass is 263 g/mol. The van der Waals surface area contributed by atoms with E-state index in [1.54, 1.807) is 4.90 Å². The van der Waals surface area contributed by atoms with Crippen molar-refractivity contribution in [2.24, 2.45) is 0 Å². The summed E-state index contributed by atoms with van der Waals surface area (Å²) in [4.78, 5) is 18.8. The smallest absolute Gasteiger partial charge is 0.250 e. The van der Waals surface area contributed by atoms with Crippen LogP contribution in [0.4, 0.5) is 11.5 Å². The fourth-order valence-corrected chi connectivity index (χ4v) is 3.08. The second kappa shape index (κ2) is 4.23. The lowest BCUT2D eigenvalue weighted by Gasteiger charge is -2.46. The number of aryl methyl sites for hydroxylation is 1. The maximum atomic E-state index is 12.6. The molecule has 0 aliphatic carbocycles. The van der Waals surface area contributed by atoms with Crippen molar-refractivity contribution in [3.8, 4) is 0 Å². The average Bonchev–Trinajstić information content (AvgIpc) is 2.77. The summed E-state index contributed by atoms with van der Waals surface area (Å²) in [6.07, 6.45) is 0. The Balaban J connectivity index is 1.97. The zero-order chi connectivity index (χ0) is 13.7. The van der Waals surface area contributed by atoms with Crippen molar-refractivity contribution in [2.75, 3.05) is 36.5 Å². The van der Waals surface area contributed by atoms with Crippen LogP contribution in [0.3, 0.4) is 0 Å². The molecule has 1 fully saturated rings. The van der Waals surface area contributed by atoms with Crippen LogP contribution in [-0.4, -0.2) is 59.8 Å². The average molecular weight is 263 g/mol. The van der Waals surface area contributed by atoms with Gasteiger partial charge in [0.15, 0.2) is 5.82 Å². The molecule has 19 heavy (non-hydrogen) atoms. The van der Waals surface area contributed by atoms with E-state index in [4.69, 9.17) is 0 Å². The van der Waals surface area contributed by atoms with Gasteiger partial charge >= 0.3 is 0 Å². The highest BCUT2D eigenvalue weighted by molar-refractivity contribution is 6.05. The lowest BCUT2D eigenvalue weighted by molar-refractivity contribution is -0.121. The van der Waals surface area contributed by atoms with Gasteiger partial charge in [-0.25, -0.2) is 0 Å². The van der Waals surface area contributed by atoms with E-state index in [1.807, 2.05) is 14.0 Å². The van der Waals surface area contributed by atoms with Gasteiger partial charge in [0.05, 0.1) is 5.69 Å². The summed E-state index contributed by atoms with van der Waals surface area (Å²) in [5.74, 6) is 1.09. The van der Waals surface area contributed by atoms with E-state index in [9.17, 15) is 4.79 Å². The molecule has 2 aliphatic heterocycles. The van der Waals surface area contributed by atoms with Gasteiger partial charge < -0.3 is 9.80 Å². The molecule has 1 N–H and O–H groups in total. The third kappa shape index (κ3) is 1.74. The van der Waals surface area contributed by atoms with Crippen LogP contribution < -0.4 is 9.80 Å². The molecule has 104 valence electrons. The summed E-state index contributed by atoms with van der Waals surface area (Å²) in [5, 5.41) is 7.38. The molecule has 6 heteroatoms. The number of piperazine rings is 1. The summed E-state index contributed by atoms with van der Waals surface area (Å²) in [7, 11) is 1.84. The number of nitrogens with zero attached hydrogens (tertiary/aromatic N) is 4. The first-order valence-corrected chi connectivity index (χ1v) is 6.84. The van der Waals surface area contributed by atoms with Crippen LogP contribution >= 0.6 is 0 Å². The van der Waals surface area contributed by atoms with E-state index in [2.05, 4.69) is 33.8 Å². The van der Waals surface area contributed by atoms with Crippen LogP contribution in [-0.2, 0) is 4.79 Å². The standard InChI is InChI=1S/C13H21N5O/c1-8(2)17-5-6-18-10(7-17)13(19)16(4)11-9(3)14-15-12(11)18/h8,10H,5-7H2,1-4H3,(H,14,15). The lowest BCUT2D eigenvalue weighted by atomic mass is 10.1. The summed E-state index contributed by atoms with van der Waals surface area (Å²) in [5.41, 5.74) is 1.88. The predicted octanol–water partition coefficient (Wildman–Crippen LogP) is 0.594. The second-order valence-corrected chi connectivity index (χ2v) is 5.72. The molecule has 3 heterocycles. The number of rotatable bonds is 1. The summed E-state index contributed by atoms with van der Waals surface area (Å²) in [6, 6.07) is 0.374. The van der Waals surface area contributed by atoms with Crippen molar-refractivity contribution < 1.29 is 4.79 Å². The van der Waals surface area contributed by atoms with Gasteiger partial charge in [-0.1, -0.05) is 0 Å². The van der Waals surface area contributed by atoms with Crippen LogP contribution in [0, 0.1) is 6.92 Å². The van der Waals surface area contributed by atoms with Crippen LogP contribution in [0.25, 0.3) is 0 Å². The van der Waals surface area contributed by atoms with Gasteiger partial charge in [-0.15, -0.1) is 0 Å². The first-order valence-electron chi connectivity index (χ1n) is 6.84. The molecule has 2 aliphatic rings. The number of hydrogen-bond acceptors (Lipinski definition) is 4. The normalized spacial score (nSPS) is 23.8. The third-order valence-electron chi connectivity index (χ3n) is 4.26. The highest BCUT2D eigenvalue weighted by atomic mass is 16.2. The molecule has 1 aromatic heterocycles. The maximum Gasteiger partial charge on any atom is 0.250 e. The molecule has 1 amide bonds. The number of likely N-dealkylation sites (N-methyl/N-ethyl adjacent to an activating group) is 1. The number of H-pyrrole nitrogens is 1. The molecule has 3 rings (SSSR count). The van der Waals surface area contributed by atoms with Crippen molar-refractivity contribution >= 4 is 17.4 Å². The minimum Gasteiger partial charge on any atom is -0.339 e. The minimum absolute atomic E-state index is 0.101. The molecule has 1 unspecified atom stereocenters. The predicted molar refractivity (Wildman–Crippen MR) is 74.6 cm³/mol. The molecular weight excluding hydrogens is 242 g/mol. The molecule has 0 saturated carbocycles. The van der Waals surface area contributed by atoms with E-state index < -0.39 is 0 Å². The van der Waals surface area contributed by atoms with Crippen molar-refractivity contribution in [2.45, 2.75) is 32.9 Å². The molecule has 0 radical (unpaired) electrons. The van der Waals surface area contributed by atoms with E-state index in [-0.39, 0.29) is 11.9 Å². The number of carbonyl (C=O) groups excluding carboxylic acids is 1. The van der Waals surface area contributed by atoms with E-state index in [1.165, 1.54) is 0 Å². The van der Waals surface area contributed by atoms with Crippen LogP contribution in [0.15, 0.2) is 0 Å². The molecule has 1 aromatic rings. The fraction of sp³-hybridized carbons (Fsp3) is 0.692. The van der Waals surface area contributed by atoms with Crippen molar-refractivity contribution in [3.05, 3.63) is 5.69 Å². The van der Waals surface area contributed by atoms with Crippen molar-refractivity contribution in [1.29, 1.82) is 0 Å². The largest absolute Gasteiger partial charge is 0.339 e. The number of hydrogen-bond donors (Lipinski definition) is 1. The van der Waals surface area contributed by atoms with Crippen LogP contribution in [0.5, 0.6) is 0 Å². The zero-order valence-corrected chi connectivity index (χ0v) is 12.0. The molecule has 1 saturated heterocycles. The van der Waals surface area contributed by atoms with Gasteiger partial charge in [-0.2, -0.15) is 5.10 Å². The number of amides is 1. The number of nitrogens with one attached hydrogen (secondary N) is 1. The van der Waals surface area contributed by atoms with Crippen LogP contribution in [0.1, 0.15) is 19.5 Å². The lowest BCUT2D eigenvalue weighted by Crippen LogP contribution is -2.63. The van der Waals surface area contributed by atoms with Gasteiger partial charge in [0.25, 0.3) is 5.91 Å². The number of fused-ring (bicyclic) bond motifs is 3. The molecular formula is C13H21N5O. The number of aromatic amines is 1. The summed E-state index contributed by atoms with van der Waals surface area (Å²) in [6.45, 7) is 8.94. The first-order chi connectivity index (χ1) is 9.00. The van der Waals surface area contributed by atoms with Crippen molar-refractivity contribution in [1.82, 2.24) is 15.1 Å². The Morgan fingerprint density at radius 3 is 2.79 bits per heavy atom. The van der Waals surface area contributed by atoms with Gasteiger partial charge in [0.2, 0.25) is 0 Å². The Morgan fingerprint density at radius 2 is 2.11 bits per heavy atom. The molecule has 0 spiro atoms. The van der Waals surface area contributed by atoms with Gasteiger partial charge in [0.1, 0.15) is 11.7 Å². The first kappa shape index (κ1) is 12.5. The molecule has 0 aromatic carbocycles. The number of carbonyl (C=O) groups is 1. The van der Waals surface area contributed by atoms with E-state index >= 15 is 0 Å². The van der Waals surface area contributed by atoms with Crippen molar-refractivity contribution in [3.63, 3.8) is 0 Å². The Morgan fingerprint density at radius 1 is 1.37 bits per heavy atom. The van der Waals surface area contributed by atoms with Gasteiger partial charge in [0, 0.05) is 32.7 Å². The van der Waals surface area contributed by atoms with Crippen LogP contribution in [0.2, 0.25) is 0 Å². The summed E-state index contributed by atoms with van der Waals surface area (Å²) < 4.78 is 0. The van der Waals surface area contributed by atoms with E-state index in [0.29, 0.717) is 6.04 Å². The number of aromatic nitrogens is 2. The Bertz CT molecular complexity index is 509. The topological polar surface area (TPSA) is 55.5 Å². The molecule has 1 atom stereocenters. The second-order valence-electron chi connectivity index (χ2n) is 5.72. The Hall–Kier alpha value is -1.56. The maximum absolute atomic E-state index is 12.6. The number of anilines is 2. The van der Waals surface area contributed by atoms with E-state index in [0.717, 1.165) is 36.8 Å².